The van der Waals surface area contributed by atoms with Crippen LogP contribution in [0.4, 0.5) is 0 Å². The number of amides is 1. The van der Waals surface area contributed by atoms with Crippen LogP contribution in [0.5, 0.6) is 0 Å². The molecule has 1 heterocycles. The minimum atomic E-state index is -0.359. The lowest BCUT2D eigenvalue weighted by Gasteiger charge is -2.11. The summed E-state index contributed by atoms with van der Waals surface area (Å²) >= 11 is 0. The maximum atomic E-state index is 12.0. The van der Waals surface area contributed by atoms with Crippen LogP contribution in [-0.2, 0) is 11.2 Å². The zero-order valence-electron chi connectivity index (χ0n) is 13.4. The minimum Gasteiger partial charge on any atom is -0.356 e. The average molecular weight is 309 g/mol. The molecule has 1 aromatic rings. The maximum Gasteiger partial charge on any atom is 0.220 e. The predicted molar refractivity (Wildman–Crippen MR) is 90.0 cm³/mol. The molecule has 0 atom stereocenters. The molecule has 0 aromatic heterocycles. The number of terminal acetylenes is 1. The number of carbonyl (C=O) groups excluding carboxylic acids is 1. The summed E-state index contributed by atoms with van der Waals surface area (Å²) in [5.74, 6) is 3.42. The van der Waals surface area contributed by atoms with Crippen molar-refractivity contribution in [3.8, 4) is 12.3 Å². The highest BCUT2D eigenvalue weighted by Crippen LogP contribution is 2.41. The Hall–Kier alpha value is -2.15. The SMILES string of the molecule is C#CCCC1(CCC(=O)NCCc2ccccc2C2CC2)N=N1. The van der Waals surface area contributed by atoms with Crippen LogP contribution in [0.15, 0.2) is 34.5 Å². The number of nitrogens with one attached hydrogen (secondary N) is 1. The molecule has 1 amide bonds. The molecular formula is C19H23N3O. The van der Waals surface area contributed by atoms with E-state index in [1.807, 2.05) is 0 Å². The van der Waals surface area contributed by atoms with Crippen LogP contribution in [0.3, 0.4) is 0 Å². The first kappa shape index (κ1) is 15.7. The van der Waals surface area contributed by atoms with Crippen LogP contribution in [0.1, 0.15) is 55.6 Å². The van der Waals surface area contributed by atoms with Gasteiger partial charge in [0.25, 0.3) is 0 Å². The molecule has 1 aliphatic carbocycles. The fourth-order valence-electron chi connectivity index (χ4n) is 2.96. The van der Waals surface area contributed by atoms with Crippen molar-refractivity contribution >= 4 is 5.91 Å². The van der Waals surface area contributed by atoms with Crippen LogP contribution < -0.4 is 5.32 Å². The topological polar surface area (TPSA) is 53.8 Å². The smallest absolute Gasteiger partial charge is 0.220 e. The Morgan fingerprint density at radius 3 is 2.78 bits per heavy atom. The summed E-state index contributed by atoms with van der Waals surface area (Å²) in [6, 6.07) is 8.58. The van der Waals surface area contributed by atoms with Crippen molar-refractivity contribution in [3.63, 3.8) is 0 Å². The van der Waals surface area contributed by atoms with Crippen molar-refractivity contribution in [1.29, 1.82) is 0 Å². The third-order valence-electron chi connectivity index (χ3n) is 4.59. The largest absolute Gasteiger partial charge is 0.356 e. The van der Waals surface area contributed by atoms with E-state index in [2.05, 4.69) is 45.7 Å². The molecule has 23 heavy (non-hydrogen) atoms. The highest BCUT2D eigenvalue weighted by atomic mass is 16.1. The molecule has 0 unspecified atom stereocenters. The summed E-state index contributed by atoms with van der Waals surface area (Å²) in [6.07, 6.45) is 11.3. The van der Waals surface area contributed by atoms with Gasteiger partial charge in [-0.05, 0) is 36.3 Å². The van der Waals surface area contributed by atoms with Crippen molar-refractivity contribution in [2.24, 2.45) is 10.2 Å². The van der Waals surface area contributed by atoms with Gasteiger partial charge in [-0.15, -0.1) is 12.3 Å². The van der Waals surface area contributed by atoms with E-state index >= 15 is 0 Å². The number of benzene rings is 1. The van der Waals surface area contributed by atoms with Crippen molar-refractivity contribution in [3.05, 3.63) is 35.4 Å². The van der Waals surface area contributed by atoms with E-state index in [9.17, 15) is 4.79 Å². The fraction of sp³-hybridized carbons (Fsp3) is 0.526. The molecule has 4 heteroatoms. The van der Waals surface area contributed by atoms with Gasteiger partial charge in [-0.3, -0.25) is 4.79 Å². The summed E-state index contributed by atoms with van der Waals surface area (Å²) in [4.78, 5) is 12.0. The lowest BCUT2D eigenvalue weighted by Crippen LogP contribution is -2.27. The van der Waals surface area contributed by atoms with Crippen LogP contribution in [0.25, 0.3) is 0 Å². The Morgan fingerprint density at radius 1 is 1.30 bits per heavy atom. The Bertz CT molecular complexity index is 634. The van der Waals surface area contributed by atoms with Gasteiger partial charge in [-0.1, -0.05) is 24.3 Å². The number of rotatable bonds is 9. The highest BCUT2D eigenvalue weighted by Gasteiger charge is 2.39. The average Bonchev–Trinajstić information content (AvgIpc) is 3.47. The van der Waals surface area contributed by atoms with Crippen LogP contribution in [-0.4, -0.2) is 18.1 Å². The molecule has 4 nitrogen and oxygen atoms in total. The van der Waals surface area contributed by atoms with Crippen LogP contribution in [0, 0.1) is 12.3 Å². The summed E-state index contributed by atoms with van der Waals surface area (Å²) in [5, 5.41) is 11.1. The molecular weight excluding hydrogens is 286 g/mol. The predicted octanol–water partition coefficient (Wildman–Crippen LogP) is 3.58. The van der Waals surface area contributed by atoms with Gasteiger partial charge in [0.1, 0.15) is 0 Å². The summed E-state index contributed by atoms with van der Waals surface area (Å²) < 4.78 is 0. The molecule has 1 fully saturated rings. The number of nitrogens with zero attached hydrogens (tertiary/aromatic N) is 2. The van der Waals surface area contributed by atoms with Crippen LogP contribution in [0.2, 0.25) is 0 Å². The summed E-state index contributed by atoms with van der Waals surface area (Å²) in [7, 11) is 0. The molecule has 3 rings (SSSR count). The lowest BCUT2D eigenvalue weighted by molar-refractivity contribution is -0.121. The molecule has 0 saturated heterocycles. The van der Waals surface area contributed by atoms with E-state index in [1.54, 1.807) is 0 Å². The van der Waals surface area contributed by atoms with Gasteiger partial charge in [-0.2, -0.15) is 10.2 Å². The van der Waals surface area contributed by atoms with Crippen molar-refractivity contribution in [2.45, 2.75) is 56.5 Å². The first-order valence-electron chi connectivity index (χ1n) is 8.44. The van der Waals surface area contributed by atoms with Gasteiger partial charge >= 0.3 is 0 Å². The van der Waals surface area contributed by atoms with Gasteiger partial charge in [0.2, 0.25) is 5.91 Å². The van der Waals surface area contributed by atoms with Gasteiger partial charge in [0, 0.05) is 32.2 Å². The third-order valence-corrected chi connectivity index (χ3v) is 4.59. The summed E-state index contributed by atoms with van der Waals surface area (Å²) in [6.45, 7) is 0.689. The Labute approximate surface area is 137 Å². The monoisotopic (exact) mass is 309 g/mol. The summed E-state index contributed by atoms with van der Waals surface area (Å²) in [5.41, 5.74) is 2.47. The van der Waals surface area contributed by atoms with Crippen molar-refractivity contribution in [1.82, 2.24) is 5.32 Å². The van der Waals surface area contributed by atoms with Gasteiger partial charge in [-0.25, -0.2) is 0 Å². The zero-order valence-corrected chi connectivity index (χ0v) is 13.4. The van der Waals surface area contributed by atoms with Crippen molar-refractivity contribution < 1.29 is 4.79 Å². The molecule has 1 aromatic carbocycles. The first-order valence-corrected chi connectivity index (χ1v) is 8.44. The molecule has 0 bridgehead atoms. The number of hydrogen-bond donors (Lipinski definition) is 1. The molecule has 0 radical (unpaired) electrons. The standard InChI is InChI=1S/C19H23N3O/c1-2-3-12-19(21-22-19)13-10-18(23)20-14-11-15-6-4-5-7-17(15)16-8-9-16/h1,4-7,16H,3,8-14H2,(H,20,23). The van der Waals surface area contributed by atoms with E-state index in [-0.39, 0.29) is 11.6 Å². The molecule has 2 aliphatic rings. The molecule has 0 spiro atoms. The zero-order chi connectivity index (χ0) is 16.1. The highest BCUT2D eigenvalue weighted by molar-refractivity contribution is 5.76. The first-order chi connectivity index (χ1) is 11.2. The minimum absolute atomic E-state index is 0.0753. The Balaban J connectivity index is 1.38. The fourth-order valence-corrected chi connectivity index (χ4v) is 2.96. The van der Waals surface area contributed by atoms with Gasteiger partial charge in [0.05, 0.1) is 0 Å². The number of carbonyl (C=O) groups is 1. The molecule has 1 aliphatic heterocycles. The lowest BCUT2D eigenvalue weighted by atomic mass is 10.0. The van der Waals surface area contributed by atoms with Crippen LogP contribution >= 0.6 is 0 Å². The molecule has 1 saturated carbocycles. The Morgan fingerprint density at radius 2 is 2.09 bits per heavy atom. The normalized spacial score (nSPS) is 17.5. The number of hydrogen-bond acceptors (Lipinski definition) is 3. The van der Waals surface area contributed by atoms with E-state index in [1.165, 1.54) is 24.0 Å². The van der Waals surface area contributed by atoms with Gasteiger partial charge < -0.3 is 5.32 Å². The molecule has 1 N–H and O–H groups in total. The van der Waals surface area contributed by atoms with E-state index < -0.39 is 0 Å². The quantitative estimate of drug-likeness (QED) is 0.696. The second-order valence-corrected chi connectivity index (χ2v) is 6.46. The van der Waals surface area contributed by atoms with E-state index in [4.69, 9.17) is 6.42 Å². The van der Waals surface area contributed by atoms with E-state index in [0.717, 1.165) is 18.8 Å². The third kappa shape index (κ3) is 4.41. The maximum absolute atomic E-state index is 12.0. The van der Waals surface area contributed by atoms with Crippen molar-refractivity contribution in [2.75, 3.05) is 6.54 Å². The van der Waals surface area contributed by atoms with Gasteiger partial charge in [0.15, 0.2) is 5.66 Å². The van der Waals surface area contributed by atoms with E-state index in [0.29, 0.717) is 25.8 Å². The second-order valence-electron chi connectivity index (χ2n) is 6.46. The Kier molecular flexibility index (Phi) is 4.76. The second kappa shape index (κ2) is 6.95. The molecule has 120 valence electrons.